The molecule has 0 aliphatic rings. The van der Waals surface area contributed by atoms with Crippen LogP contribution in [-0.2, 0) is 10.2 Å². The Balaban J connectivity index is 4.67. The maximum absolute atomic E-state index is 12.2. The molecule has 0 aromatic rings. The van der Waals surface area contributed by atoms with Crippen LogP contribution in [0.2, 0.25) is 0 Å². The van der Waals surface area contributed by atoms with Crippen molar-refractivity contribution in [3.05, 3.63) is 0 Å². The van der Waals surface area contributed by atoms with Crippen molar-refractivity contribution in [1.29, 1.82) is 0 Å². The summed E-state index contributed by atoms with van der Waals surface area (Å²) >= 11 is 0. The second-order valence-electron chi connectivity index (χ2n) is 3.98. The molecule has 0 aliphatic carbocycles. The smallest absolute Gasteiger partial charge is 0.329 e. The van der Waals surface area contributed by atoms with Crippen molar-refractivity contribution >= 4 is 10.2 Å². The highest BCUT2D eigenvalue weighted by Gasteiger charge is 2.35. The normalized spacial score (nSPS) is 13.6. The molecule has 0 atom stereocenters. The molecule has 0 aromatic heterocycles. The Bertz CT molecular complexity index is 316. The molecule has 0 radical (unpaired) electrons. The van der Waals surface area contributed by atoms with Gasteiger partial charge in [-0.05, 0) is 5.92 Å². The Morgan fingerprint density at radius 1 is 1.35 bits per heavy atom. The van der Waals surface area contributed by atoms with Crippen molar-refractivity contribution in [3.8, 4) is 0 Å². The van der Waals surface area contributed by atoms with Gasteiger partial charge in [-0.15, -0.1) is 0 Å². The Labute approximate surface area is 99.3 Å². The molecule has 9 heteroatoms. The van der Waals surface area contributed by atoms with Gasteiger partial charge in [0.1, 0.15) is 6.54 Å². The predicted octanol–water partition coefficient (Wildman–Crippen LogP) is 0.300. The summed E-state index contributed by atoms with van der Waals surface area (Å²) in [6.45, 7) is 1.52. The second kappa shape index (κ2) is 6.53. The van der Waals surface area contributed by atoms with Gasteiger partial charge in [0.05, 0.1) is 0 Å². The lowest BCUT2D eigenvalue weighted by Gasteiger charge is -2.23. The van der Waals surface area contributed by atoms with E-state index < -0.39 is 22.9 Å². The number of alkyl halides is 3. The Morgan fingerprint density at radius 3 is 2.24 bits per heavy atom. The monoisotopic (exact) mass is 277 g/mol. The van der Waals surface area contributed by atoms with Crippen molar-refractivity contribution in [2.45, 2.75) is 20.0 Å². The molecule has 0 bridgehead atoms. The zero-order valence-corrected chi connectivity index (χ0v) is 10.6. The average Bonchev–Trinajstić information content (AvgIpc) is 2.12. The first-order valence-electron chi connectivity index (χ1n) is 5.10. The zero-order valence-electron chi connectivity index (χ0n) is 9.79. The maximum Gasteiger partial charge on any atom is 0.402 e. The van der Waals surface area contributed by atoms with Gasteiger partial charge in [0.15, 0.2) is 0 Å². The summed E-state index contributed by atoms with van der Waals surface area (Å²) in [5.74, 6) is 0.00962. The lowest BCUT2D eigenvalue weighted by atomic mass is 10.2. The van der Waals surface area contributed by atoms with Gasteiger partial charge in [-0.2, -0.15) is 25.9 Å². The third kappa shape index (κ3) is 7.53. The first-order chi connectivity index (χ1) is 7.58. The molecule has 5 nitrogen and oxygen atoms in total. The van der Waals surface area contributed by atoms with Crippen LogP contribution in [0.4, 0.5) is 13.2 Å². The molecule has 0 spiro atoms. The fourth-order valence-corrected chi connectivity index (χ4v) is 2.38. The van der Waals surface area contributed by atoms with Crippen molar-refractivity contribution < 1.29 is 21.6 Å². The van der Waals surface area contributed by atoms with Crippen LogP contribution in [0.25, 0.3) is 0 Å². The van der Waals surface area contributed by atoms with Crippen LogP contribution in [0.15, 0.2) is 0 Å². The van der Waals surface area contributed by atoms with Gasteiger partial charge in [0, 0.05) is 19.6 Å². The van der Waals surface area contributed by atoms with Crippen LogP contribution >= 0.6 is 0 Å². The minimum atomic E-state index is -4.58. The van der Waals surface area contributed by atoms with Crippen LogP contribution in [0.1, 0.15) is 13.8 Å². The maximum atomic E-state index is 12.2. The number of nitrogens with two attached hydrogens (primary N) is 1. The third-order valence-corrected chi connectivity index (χ3v) is 3.27. The topological polar surface area (TPSA) is 75.4 Å². The number of hydrogen-bond acceptors (Lipinski definition) is 3. The molecule has 104 valence electrons. The minimum absolute atomic E-state index is 0.00962. The van der Waals surface area contributed by atoms with E-state index in [1.165, 1.54) is 0 Å². The Hall–Kier alpha value is -0.380. The molecule has 17 heavy (non-hydrogen) atoms. The molecule has 0 fully saturated rings. The molecule has 0 rings (SSSR count). The first-order valence-corrected chi connectivity index (χ1v) is 6.54. The van der Waals surface area contributed by atoms with E-state index in [9.17, 15) is 21.6 Å². The highest BCUT2D eigenvalue weighted by molar-refractivity contribution is 7.87. The van der Waals surface area contributed by atoms with E-state index in [1.54, 1.807) is 13.8 Å². The minimum Gasteiger partial charge on any atom is -0.329 e. The van der Waals surface area contributed by atoms with Gasteiger partial charge in [-0.3, -0.25) is 0 Å². The standard InChI is InChI=1S/C8H18F3N3O2S/c1-7(2)5-13-17(15,16)14(4-3-12)6-8(9,10)11/h7,13H,3-6,12H2,1-2H3. The largest absolute Gasteiger partial charge is 0.402 e. The SMILES string of the molecule is CC(C)CNS(=O)(=O)N(CCN)CC(F)(F)F. The van der Waals surface area contributed by atoms with Crippen LogP contribution in [0.3, 0.4) is 0 Å². The number of nitrogens with one attached hydrogen (secondary N) is 1. The second-order valence-corrected chi connectivity index (χ2v) is 5.74. The fraction of sp³-hybridized carbons (Fsp3) is 1.00. The van der Waals surface area contributed by atoms with Gasteiger partial charge in [0.25, 0.3) is 10.2 Å². The van der Waals surface area contributed by atoms with E-state index in [0.717, 1.165) is 0 Å². The number of rotatable bonds is 7. The number of halogens is 3. The molecule has 0 saturated heterocycles. The van der Waals surface area contributed by atoms with Gasteiger partial charge in [-0.1, -0.05) is 13.8 Å². The summed E-state index contributed by atoms with van der Waals surface area (Å²) in [5, 5.41) is 0. The van der Waals surface area contributed by atoms with E-state index in [2.05, 4.69) is 4.72 Å². The summed E-state index contributed by atoms with van der Waals surface area (Å²) in [6.07, 6.45) is -4.58. The summed E-state index contributed by atoms with van der Waals surface area (Å²) in [4.78, 5) is 0. The summed E-state index contributed by atoms with van der Waals surface area (Å²) in [6, 6.07) is 0. The van der Waals surface area contributed by atoms with E-state index in [-0.39, 0.29) is 25.6 Å². The van der Waals surface area contributed by atoms with E-state index in [0.29, 0.717) is 4.31 Å². The summed E-state index contributed by atoms with van der Waals surface area (Å²) in [5.41, 5.74) is 5.10. The third-order valence-electron chi connectivity index (χ3n) is 1.75. The van der Waals surface area contributed by atoms with Gasteiger partial charge in [-0.25, -0.2) is 4.72 Å². The summed E-state index contributed by atoms with van der Waals surface area (Å²) < 4.78 is 62.1. The van der Waals surface area contributed by atoms with Crippen LogP contribution in [0, 0.1) is 5.92 Å². The van der Waals surface area contributed by atoms with Crippen molar-refractivity contribution in [1.82, 2.24) is 9.03 Å². The van der Waals surface area contributed by atoms with Crippen LogP contribution in [-0.4, -0.2) is 45.1 Å². The molecule has 0 saturated carbocycles. The van der Waals surface area contributed by atoms with E-state index >= 15 is 0 Å². The van der Waals surface area contributed by atoms with Crippen LogP contribution in [0.5, 0.6) is 0 Å². The molecule has 0 heterocycles. The van der Waals surface area contributed by atoms with Gasteiger partial charge < -0.3 is 5.73 Å². The van der Waals surface area contributed by atoms with E-state index in [4.69, 9.17) is 5.73 Å². The molecular formula is C8H18F3N3O2S. The lowest BCUT2D eigenvalue weighted by Crippen LogP contribution is -2.47. The number of nitrogens with zero attached hydrogens (tertiary/aromatic N) is 1. The lowest BCUT2D eigenvalue weighted by molar-refractivity contribution is -0.136. The van der Waals surface area contributed by atoms with Crippen LogP contribution < -0.4 is 10.5 Å². The van der Waals surface area contributed by atoms with E-state index in [1.807, 2.05) is 0 Å². The molecule has 3 N–H and O–H groups in total. The number of hydrogen-bond donors (Lipinski definition) is 2. The highest BCUT2D eigenvalue weighted by atomic mass is 32.2. The Morgan fingerprint density at radius 2 is 1.88 bits per heavy atom. The molecule has 0 aromatic carbocycles. The summed E-state index contributed by atoms with van der Waals surface area (Å²) in [7, 11) is -4.13. The highest BCUT2D eigenvalue weighted by Crippen LogP contribution is 2.17. The van der Waals surface area contributed by atoms with Crippen molar-refractivity contribution in [2.75, 3.05) is 26.2 Å². The Kier molecular flexibility index (Phi) is 6.38. The molecule has 0 aliphatic heterocycles. The van der Waals surface area contributed by atoms with Crippen molar-refractivity contribution in [2.24, 2.45) is 11.7 Å². The predicted molar refractivity (Wildman–Crippen MR) is 58.4 cm³/mol. The zero-order chi connectivity index (χ0) is 13.7. The van der Waals surface area contributed by atoms with Gasteiger partial charge in [0.2, 0.25) is 0 Å². The molecular weight excluding hydrogens is 259 g/mol. The first kappa shape index (κ1) is 16.6. The fourth-order valence-electron chi connectivity index (χ4n) is 0.991. The van der Waals surface area contributed by atoms with Crippen molar-refractivity contribution in [3.63, 3.8) is 0 Å². The van der Waals surface area contributed by atoms with Gasteiger partial charge >= 0.3 is 6.18 Å². The quantitative estimate of drug-likeness (QED) is 0.703. The molecule has 0 unspecified atom stereocenters. The average molecular weight is 277 g/mol. The molecule has 0 amide bonds.